The van der Waals surface area contributed by atoms with Crippen LogP contribution in [0, 0.1) is 34.5 Å². The average molecular weight is 392 g/mol. The number of nitrogens with two attached hydrogens (primary N) is 1. The van der Waals surface area contributed by atoms with Crippen molar-refractivity contribution in [1.29, 1.82) is 0 Å². The minimum Gasteiger partial charge on any atom is -0.462 e. The molecule has 1 aliphatic heterocycles. The molecule has 5 fully saturated rings. The van der Waals surface area contributed by atoms with Crippen molar-refractivity contribution in [2.45, 2.75) is 89.6 Å². The molecule has 1 amide bonds. The van der Waals surface area contributed by atoms with Crippen LogP contribution in [-0.2, 0) is 19.1 Å². The average Bonchev–Trinajstić information content (AvgIpc) is 3.28. The van der Waals surface area contributed by atoms with E-state index >= 15 is 0 Å². The Kier molecular flexibility index (Phi) is 3.85. The molecule has 4 saturated carbocycles. The first-order valence-electron chi connectivity index (χ1n) is 11.0. The Morgan fingerprint density at radius 2 is 1.86 bits per heavy atom. The number of hydrogen-bond acceptors (Lipinski definition) is 5. The minimum absolute atomic E-state index is 0.0242. The van der Waals surface area contributed by atoms with E-state index in [-0.39, 0.29) is 34.6 Å². The molecule has 10 atom stereocenters. The van der Waals surface area contributed by atoms with E-state index in [4.69, 9.17) is 15.2 Å². The summed E-state index contributed by atoms with van der Waals surface area (Å²) in [5, 5.41) is 10.6. The number of primary amides is 1. The van der Waals surface area contributed by atoms with E-state index < -0.39 is 17.9 Å². The zero-order chi connectivity index (χ0) is 20.1. The largest absolute Gasteiger partial charge is 0.462 e. The number of rotatable bonds is 2. The summed E-state index contributed by atoms with van der Waals surface area (Å²) in [6.07, 6.45) is 5.83. The summed E-state index contributed by atoms with van der Waals surface area (Å²) >= 11 is 0. The van der Waals surface area contributed by atoms with Gasteiger partial charge >= 0.3 is 5.97 Å². The van der Waals surface area contributed by atoms with E-state index in [1.165, 1.54) is 6.92 Å². The molecule has 3 N–H and O–H groups in total. The third-order valence-corrected chi connectivity index (χ3v) is 9.76. The highest BCUT2D eigenvalue weighted by Gasteiger charge is 2.78. The molecular formula is C22H33NO5. The highest BCUT2D eigenvalue weighted by Crippen LogP contribution is 2.73. The first-order valence-corrected chi connectivity index (χ1v) is 11.0. The van der Waals surface area contributed by atoms with Gasteiger partial charge in [-0.15, -0.1) is 0 Å². The fourth-order valence-corrected chi connectivity index (χ4v) is 8.39. The summed E-state index contributed by atoms with van der Waals surface area (Å²) in [7, 11) is 0. The summed E-state index contributed by atoms with van der Waals surface area (Å²) in [4.78, 5) is 23.7. The molecule has 0 bridgehead atoms. The van der Waals surface area contributed by atoms with E-state index in [1.54, 1.807) is 0 Å². The molecule has 0 radical (unpaired) electrons. The number of carbonyl (C=O) groups excluding carboxylic acids is 2. The van der Waals surface area contributed by atoms with Gasteiger partial charge in [-0.3, -0.25) is 9.59 Å². The molecule has 5 aliphatic rings. The molecule has 0 unspecified atom stereocenters. The lowest BCUT2D eigenvalue weighted by Crippen LogP contribution is -2.61. The Bertz CT molecular complexity index is 726. The zero-order valence-corrected chi connectivity index (χ0v) is 17.1. The van der Waals surface area contributed by atoms with Crippen LogP contribution in [0.15, 0.2) is 0 Å². The first-order chi connectivity index (χ1) is 13.1. The number of fused-ring (bicyclic) bond motifs is 4. The fourth-order valence-electron chi connectivity index (χ4n) is 8.39. The Morgan fingerprint density at radius 1 is 1.11 bits per heavy atom. The van der Waals surface area contributed by atoms with Crippen molar-refractivity contribution in [2.24, 2.45) is 40.2 Å². The molecule has 156 valence electrons. The SMILES string of the molecule is CC(=O)O[C@H]1CC[C@H]2[C@@H]3CC[C@@]45O[C@@H]4[C@H](O)[C@H](C(N)=O)C[C@]5(C)[C@H]3CC[C@]12C. The maximum absolute atomic E-state index is 12.0. The van der Waals surface area contributed by atoms with Crippen LogP contribution in [0.2, 0.25) is 0 Å². The lowest BCUT2D eigenvalue weighted by atomic mass is 9.44. The predicted molar refractivity (Wildman–Crippen MR) is 101 cm³/mol. The molecule has 6 nitrogen and oxygen atoms in total. The van der Waals surface area contributed by atoms with Crippen LogP contribution >= 0.6 is 0 Å². The third-order valence-electron chi connectivity index (χ3n) is 9.76. The molecule has 6 heteroatoms. The van der Waals surface area contributed by atoms with Gasteiger partial charge in [-0.05, 0) is 62.7 Å². The summed E-state index contributed by atoms with van der Waals surface area (Å²) in [5.41, 5.74) is 5.30. The first kappa shape index (κ1) is 18.9. The molecule has 1 heterocycles. The maximum Gasteiger partial charge on any atom is 0.302 e. The van der Waals surface area contributed by atoms with Gasteiger partial charge in [0.2, 0.25) is 5.91 Å². The Balaban J connectivity index is 1.45. The summed E-state index contributed by atoms with van der Waals surface area (Å²) in [5.74, 6) is 0.467. The van der Waals surface area contributed by atoms with E-state index in [1.807, 2.05) is 0 Å². The van der Waals surface area contributed by atoms with Gasteiger partial charge in [0, 0.05) is 17.8 Å². The van der Waals surface area contributed by atoms with Crippen molar-refractivity contribution in [3.8, 4) is 0 Å². The molecule has 5 rings (SSSR count). The molecule has 4 aliphatic carbocycles. The van der Waals surface area contributed by atoms with E-state index in [9.17, 15) is 14.7 Å². The van der Waals surface area contributed by atoms with Crippen molar-refractivity contribution in [2.75, 3.05) is 0 Å². The number of amides is 1. The molecule has 0 aromatic rings. The highest BCUT2D eigenvalue weighted by atomic mass is 16.6. The second-order valence-corrected chi connectivity index (χ2v) is 10.7. The number of ether oxygens (including phenoxy) is 2. The lowest BCUT2D eigenvalue weighted by Gasteiger charge is -2.60. The second kappa shape index (κ2) is 5.72. The maximum atomic E-state index is 12.0. The standard InChI is InChI=1S/C22H33NO5/c1-11(24)27-16-5-4-14-12-6-9-22-18(28-22)17(25)13(19(23)26)10-21(22,3)15(12)7-8-20(14,16)2/h12-18,25H,4-10H2,1-3H3,(H2,23,26)/t12-,13+,14-,15-,16-,17+,18+,20-,21+,22+/m0/s1. The van der Waals surface area contributed by atoms with Gasteiger partial charge in [-0.25, -0.2) is 0 Å². The number of aliphatic hydroxyl groups excluding tert-OH is 1. The predicted octanol–water partition coefficient (Wildman–Crippen LogP) is 2.16. The molecular weight excluding hydrogens is 358 g/mol. The fraction of sp³-hybridized carbons (Fsp3) is 0.909. The molecule has 0 aromatic heterocycles. The van der Waals surface area contributed by atoms with E-state index in [0.29, 0.717) is 24.2 Å². The van der Waals surface area contributed by atoms with Crippen molar-refractivity contribution in [1.82, 2.24) is 0 Å². The topological polar surface area (TPSA) is 102 Å². The zero-order valence-electron chi connectivity index (χ0n) is 17.1. The Hall–Kier alpha value is -1.14. The Morgan fingerprint density at radius 3 is 2.54 bits per heavy atom. The molecule has 1 saturated heterocycles. The van der Waals surface area contributed by atoms with Crippen LogP contribution in [0.25, 0.3) is 0 Å². The number of carbonyl (C=O) groups is 2. The van der Waals surface area contributed by atoms with Crippen LogP contribution in [-0.4, -0.2) is 40.9 Å². The van der Waals surface area contributed by atoms with Gasteiger partial charge in [-0.1, -0.05) is 13.8 Å². The quantitative estimate of drug-likeness (QED) is 0.555. The number of aliphatic hydroxyl groups is 1. The summed E-state index contributed by atoms with van der Waals surface area (Å²) in [6.45, 7) is 6.11. The monoisotopic (exact) mass is 391 g/mol. The van der Waals surface area contributed by atoms with Gasteiger partial charge in [0.15, 0.2) is 0 Å². The summed E-state index contributed by atoms with van der Waals surface area (Å²) < 4.78 is 11.9. The van der Waals surface area contributed by atoms with Crippen LogP contribution < -0.4 is 5.73 Å². The number of hydrogen-bond donors (Lipinski definition) is 2. The van der Waals surface area contributed by atoms with Crippen LogP contribution in [0.4, 0.5) is 0 Å². The van der Waals surface area contributed by atoms with Gasteiger partial charge in [0.05, 0.1) is 12.0 Å². The van der Waals surface area contributed by atoms with Gasteiger partial charge in [-0.2, -0.15) is 0 Å². The normalized spacial score (nSPS) is 56.6. The minimum atomic E-state index is -0.768. The van der Waals surface area contributed by atoms with Gasteiger partial charge < -0.3 is 20.3 Å². The molecule has 0 aromatic carbocycles. The Labute approximate surface area is 166 Å². The second-order valence-electron chi connectivity index (χ2n) is 10.7. The van der Waals surface area contributed by atoms with Crippen molar-refractivity contribution in [3.05, 3.63) is 0 Å². The van der Waals surface area contributed by atoms with Gasteiger partial charge in [0.25, 0.3) is 0 Å². The van der Waals surface area contributed by atoms with Crippen molar-refractivity contribution in [3.63, 3.8) is 0 Å². The molecule has 1 spiro atoms. The smallest absolute Gasteiger partial charge is 0.302 e. The van der Waals surface area contributed by atoms with Gasteiger partial charge in [0.1, 0.15) is 17.8 Å². The summed E-state index contributed by atoms with van der Waals surface area (Å²) in [6, 6.07) is 0. The van der Waals surface area contributed by atoms with Crippen LogP contribution in [0.1, 0.15) is 65.7 Å². The highest BCUT2D eigenvalue weighted by molar-refractivity contribution is 5.78. The van der Waals surface area contributed by atoms with Crippen molar-refractivity contribution >= 4 is 11.9 Å². The number of epoxide rings is 1. The van der Waals surface area contributed by atoms with Crippen molar-refractivity contribution < 1.29 is 24.2 Å². The van der Waals surface area contributed by atoms with Crippen LogP contribution in [0.3, 0.4) is 0 Å². The van der Waals surface area contributed by atoms with E-state index in [2.05, 4.69) is 13.8 Å². The molecule has 28 heavy (non-hydrogen) atoms. The third kappa shape index (κ3) is 2.16. The van der Waals surface area contributed by atoms with E-state index in [0.717, 1.165) is 38.5 Å². The number of esters is 1. The lowest BCUT2D eigenvalue weighted by molar-refractivity contribution is -0.164. The van der Waals surface area contributed by atoms with Crippen LogP contribution in [0.5, 0.6) is 0 Å².